The van der Waals surface area contributed by atoms with Crippen LogP contribution in [0.5, 0.6) is 0 Å². The molecule has 13 heavy (non-hydrogen) atoms. The fourth-order valence-corrected chi connectivity index (χ4v) is 0.940. The molecule has 1 rings (SSSR count). The van der Waals surface area contributed by atoms with Gasteiger partial charge in [-0.3, -0.25) is 0 Å². The van der Waals surface area contributed by atoms with Crippen molar-refractivity contribution < 1.29 is 4.79 Å². The number of rotatable bonds is 2. The minimum atomic E-state index is -0.722. The van der Waals surface area contributed by atoms with Crippen LogP contribution in [0.1, 0.15) is 11.5 Å². The van der Waals surface area contributed by atoms with Gasteiger partial charge in [0.05, 0.1) is 12.6 Å². The average molecular weight is 170 g/mol. The molecule has 0 bridgehead atoms. The second-order valence-corrected chi connectivity index (χ2v) is 2.45. The number of aldehydes is 1. The zero-order chi connectivity index (χ0) is 9.68. The third-order valence-corrected chi connectivity index (χ3v) is 1.66. The van der Waals surface area contributed by atoms with E-state index in [-0.39, 0.29) is 0 Å². The van der Waals surface area contributed by atoms with Gasteiger partial charge in [-0.15, -0.1) is 0 Å². The molecule has 3 nitrogen and oxygen atoms in total. The molecule has 0 aliphatic rings. The highest BCUT2D eigenvalue weighted by Crippen LogP contribution is 2.17. The quantitative estimate of drug-likeness (QED) is 0.503. The van der Waals surface area contributed by atoms with Crippen LogP contribution in [0, 0.1) is 17.9 Å². The predicted octanol–water partition coefficient (Wildman–Crippen LogP) is 2.04. The highest BCUT2D eigenvalue weighted by molar-refractivity contribution is 5.67. The Kier molecular flexibility index (Phi) is 2.78. The second-order valence-electron chi connectivity index (χ2n) is 2.45. The average Bonchev–Trinajstić information content (AvgIpc) is 2.21. The zero-order valence-corrected chi connectivity index (χ0v) is 6.77. The molecular formula is C10H6N2O. The number of nitriles is 1. The molecule has 0 heterocycles. The summed E-state index contributed by atoms with van der Waals surface area (Å²) < 4.78 is 0. The normalized spacial score (nSPS) is 10.9. The van der Waals surface area contributed by atoms with E-state index in [0.717, 1.165) is 0 Å². The van der Waals surface area contributed by atoms with E-state index in [4.69, 9.17) is 11.8 Å². The van der Waals surface area contributed by atoms with Gasteiger partial charge in [-0.1, -0.05) is 24.3 Å². The fraction of sp³-hybridized carbons (Fsp3) is 0.100. The van der Waals surface area contributed by atoms with Crippen molar-refractivity contribution in [3.63, 3.8) is 0 Å². The van der Waals surface area contributed by atoms with Crippen LogP contribution < -0.4 is 0 Å². The number of carbonyl (C=O) groups is 1. The van der Waals surface area contributed by atoms with E-state index in [9.17, 15) is 4.79 Å². The summed E-state index contributed by atoms with van der Waals surface area (Å²) in [5.41, 5.74) is 1.14. The van der Waals surface area contributed by atoms with E-state index in [1.807, 2.05) is 6.07 Å². The van der Waals surface area contributed by atoms with Crippen molar-refractivity contribution in [2.24, 2.45) is 0 Å². The molecule has 0 aromatic heterocycles. The van der Waals surface area contributed by atoms with E-state index in [1.165, 1.54) is 0 Å². The second kappa shape index (κ2) is 4.04. The zero-order valence-electron chi connectivity index (χ0n) is 6.77. The Balaban J connectivity index is 3.00. The Morgan fingerprint density at radius 3 is 2.46 bits per heavy atom. The Morgan fingerprint density at radius 2 is 2.08 bits per heavy atom. The molecule has 3 heteroatoms. The van der Waals surface area contributed by atoms with Crippen LogP contribution in [0.2, 0.25) is 0 Å². The standard InChI is InChI=1S/C10H6N2O/c1-12-10-4-2-8(3-5-10)9(6-11)7-13/h2-5,7,9H. The van der Waals surface area contributed by atoms with Crippen LogP contribution in [-0.4, -0.2) is 6.29 Å². The summed E-state index contributed by atoms with van der Waals surface area (Å²) in [4.78, 5) is 13.6. The number of nitrogens with zero attached hydrogens (tertiary/aromatic N) is 2. The van der Waals surface area contributed by atoms with Crippen molar-refractivity contribution in [2.45, 2.75) is 5.92 Å². The lowest BCUT2D eigenvalue weighted by Crippen LogP contribution is -1.95. The van der Waals surface area contributed by atoms with Gasteiger partial charge >= 0.3 is 0 Å². The van der Waals surface area contributed by atoms with Crippen molar-refractivity contribution in [1.29, 1.82) is 5.26 Å². The molecule has 1 atom stereocenters. The van der Waals surface area contributed by atoms with E-state index in [1.54, 1.807) is 24.3 Å². The van der Waals surface area contributed by atoms with Crippen LogP contribution in [0.15, 0.2) is 24.3 Å². The number of benzene rings is 1. The molecule has 0 spiro atoms. The van der Waals surface area contributed by atoms with E-state index in [0.29, 0.717) is 17.5 Å². The Labute approximate surface area is 76.0 Å². The maximum absolute atomic E-state index is 10.4. The van der Waals surface area contributed by atoms with Crippen molar-refractivity contribution >= 4 is 12.0 Å². The summed E-state index contributed by atoms with van der Waals surface area (Å²) in [6, 6.07) is 8.29. The SMILES string of the molecule is [C-]#[N+]c1ccc(C(C#N)C=O)cc1. The lowest BCUT2D eigenvalue weighted by atomic mass is 10.0. The molecule has 0 radical (unpaired) electrons. The largest absolute Gasteiger partial charge is 0.302 e. The van der Waals surface area contributed by atoms with Gasteiger partial charge in [0, 0.05) is 0 Å². The van der Waals surface area contributed by atoms with E-state index < -0.39 is 5.92 Å². The summed E-state index contributed by atoms with van der Waals surface area (Å²) in [5, 5.41) is 8.56. The molecule has 1 aromatic carbocycles. The molecule has 1 unspecified atom stereocenters. The molecule has 0 saturated carbocycles. The smallest absolute Gasteiger partial charge is 0.187 e. The molecule has 0 N–H and O–H groups in total. The lowest BCUT2D eigenvalue weighted by molar-refractivity contribution is -0.108. The molecule has 1 aromatic rings. The van der Waals surface area contributed by atoms with E-state index in [2.05, 4.69) is 4.85 Å². The summed E-state index contributed by atoms with van der Waals surface area (Å²) in [6.07, 6.45) is 0.590. The first-order chi connectivity index (χ1) is 6.31. The maximum Gasteiger partial charge on any atom is 0.187 e. The fourth-order valence-electron chi connectivity index (χ4n) is 0.940. The molecule has 0 saturated heterocycles. The van der Waals surface area contributed by atoms with Crippen LogP contribution in [-0.2, 0) is 4.79 Å². The minimum absolute atomic E-state index is 0.506. The molecule has 0 fully saturated rings. The van der Waals surface area contributed by atoms with Gasteiger partial charge in [0.2, 0.25) is 0 Å². The first-order valence-corrected chi connectivity index (χ1v) is 3.64. The van der Waals surface area contributed by atoms with Crippen LogP contribution in [0.4, 0.5) is 5.69 Å². The summed E-state index contributed by atoms with van der Waals surface area (Å²) in [7, 11) is 0. The number of hydrogen-bond acceptors (Lipinski definition) is 2. The van der Waals surface area contributed by atoms with E-state index >= 15 is 0 Å². The third kappa shape index (κ3) is 1.91. The lowest BCUT2D eigenvalue weighted by Gasteiger charge is -1.99. The first kappa shape index (κ1) is 8.96. The maximum atomic E-state index is 10.4. The molecule has 0 aliphatic carbocycles. The van der Waals surface area contributed by atoms with Gasteiger partial charge in [0.15, 0.2) is 5.69 Å². The van der Waals surface area contributed by atoms with Crippen LogP contribution in [0.3, 0.4) is 0 Å². The Morgan fingerprint density at radius 1 is 1.46 bits per heavy atom. The summed E-state index contributed by atoms with van der Waals surface area (Å²) >= 11 is 0. The number of carbonyl (C=O) groups excluding carboxylic acids is 1. The van der Waals surface area contributed by atoms with Crippen molar-refractivity contribution in [3.05, 3.63) is 41.2 Å². The van der Waals surface area contributed by atoms with Gasteiger partial charge in [-0.05, 0) is 5.56 Å². The monoisotopic (exact) mass is 170 g/mol. The number of hydrogen-bond donors (Lipinski definition) is 0. The molecule has 62 valence electrons. The minimum Gasteiger partial charge on any atom is -0.302 e. The van der Waals surface area contributed by atoms with Gasteiger partial charge in [-0.25, -0.2) is 4.85 Å². The van der Waals surface area contributed by atoms with Gasteiger partial charge in [0.1, 0.15) is 12.2 Å². The van der Waals surface area contributed by atoms with Crippen molar-refractivity contribution in [3.8, 4) is 6.07 Å². The third-order valence-electron chi connectivity index (χ3n) is 1.66. The van der Waals surface area contributed by atoms with Crippen molar-refractivity contribution in [2.75, 3.05) is 0 Å². The van der Waals surface area contributed by atoms with Crippen LogP contribution >= 0.6 is 0 Å². The Hall–Kier alpha value is -2.13. The first-order valence-electron chi connectivity index (χ1n) is 3.64. The van der Waals surface area contributed by atoms with Crippen molar-refractivity contribution in [1.82, 2.24) is 0 Å². The Bertz CT molecular complexity index is 381. The summed E-state index contributed by atoms with van der Waals surface area (Å²) in [5.74, 6) is -0.722. The van der Waals surface area contributed by atoms with Crippen LogP contribution in [0.25, 0.3) is 4.85 Å². The van der Waals surface area contributed by atoms with Gasteiger partial charge in [-0.2, -0.15) is 5.26 Å². The van der Waals surface area contributed by atoms with Gasteiger partial charge < -0.3 is 4.79 Å². The highest BCUT2D eigenvalue weighted by Gasteiger charge is 2.07. The molecule has 0 amide bonds. The predicted molar refractivity (Wildman–Crippen MR) is 47.1 cm³/mol. The topological polar surface area (TPSA) is 45.2 Å². The summed E-state index contributed by atoms with van der Waals surface area (Å²) in [6.45, 7) is 6.70. The van der Waals surface area contributed by atoms with Gasteiger partial charge in [0.25, 0.3) is 0 Å². The molecular weight excluding hydrogens is 164 g/mol. The molecule has 0 aliphatic heterocycles. The highest BCUT2D eigenvalue weighted by atomic mass is 16.1.